The average molecular weight is 427 g/mol. The van der Waals surface area contributed by atoms with Crippen LogP contribution in [0.4, 0.5) is 5.82 Å². The fourth-order valence-corrected chi connectivity index (χ4v) is 5.73. The number of benzene rings is 1. The molecule has 0 radical (unpaired) electrons. The normalized spacial score (nSPS) is 23.2. The lowest BCUT2D eigenvalue weighted by Crippen LogP contribution is -2.47. The van der Waals surface area contributed by atoms with Crippen LogP contribution >= 0.6 is 0 Å². The second-order valence-electron chi connectivity index (χ2n) is 7.94. The lowest BCUT2D eigenvalue weighted by atomic mass is 9.97. The fraction of sp³-hybridized carbons (Fsp3) is 0.368. The summed E-state index contributed by atoms with van der Waals surface area (Å²) in [7, 11) is -3.67. The number of piperidine rings is 1. The van der Waals surface area contributed by atoms with E-state index in [1.54, 1.807) is 18.2 Å². The number of hydrogen-bond donors (Lipinski definition) is 2. The number of nitrogens with two attached hydrogens (primary N) is 1. The van der Waals surface area contributed by atoms with Gasteiger partial charge in [0.2, 0.25) is 10.0 Å². The maximum absolute atomic E-state index is 13.2. The molecule has 3 N–H and O–H groups in total. The van der Waals surface area contributed by atoms with Crippen molar-refractivity contribution in [2.24, 2.45) is 0 Å². The van der Waals surface area contributed by atoms with E-state index in [1.165, 1.54) is 23.5 Å². The minimum Gasteiger partial charge on any atom is -0.381 e. The Morgan fingerprint density at radius 2 is 2.03 bits per heavy atom. The molecule has 10 nitrogen and oxygen atoms in total. The fourth-order valence-electron chi connectivity index (χ4n) is 4.25. The third kappa shape index (κ3) is 3.24. The van der Waals surface area contributed by atoms with Crippen molar-refractivity contribution in [3.8, 4) is 17.1 Å². The summed E-state index contributed by atoms with van der Waals surface area (Å²) in [6.07, 6.45) is 6.08. The Kier molecular flexibility index (Phi) is 4.34. The summed E-state index contributed by atoms with van der Waals surface area (Å²) in [5.41, 5.74) is 7.65. The molecule has 0 aliphatic carbocycles. The van der Waals surface area contributed by atoms with Crippen LogP contribution in [0.5, 0.6) is 0 Å². The van der Waals surface area contributed by atoms with Gasteiger partial charge in [-0.1, -0.05) is 6.07 Å². The standard InChI is InChI=1S/C19H22N8O2S/c1-13-2-3-14(30(28,29)25-19-4-6-26(10-19)7-5-19)8-15(13)16-9-22-17(20)18(24-16)27-12-21-11-23-27/h2-3,8-9,11-12,25H,4-7,10H2,1H3,(H2,20,22). The van der Waals surface area contributed by atoms with Gasteiger partial charge < -0.3 is 10.6 Å². The molecule has 0 atom stereocenters. The van der Waals surface area contributed by atoms with E-state index >= 15 is 0 Å². The van der Waals surface area contributed by atoms with Crippen molar-refractivity contribution in [1.82, 2.24) is 34.4 Å². The number of nitrogens with one attached hydrogen (secondary N) is 1. The maximum atomic E-state index is 13.2. The molecule has 30 heavy (non-hydrogen) atoms. The highest BCUT2D eigenvalue weighted by molar-refractivity contribution is 7.89. The summed E-state index contributed by atoms with van der Waals surface area (Å²) in [6.45, 7) is 4.55. The summed E-state index contributed by atoms with van der Waals surface area (Å²) in [5.74, 6) is 0.546. The molecular formula is C19H22N8O2S. The summed E-state index contributed by atoms with van der Waals surface area (Å²) >= 11 is 0. The third-order valence-electron chi connectivity index (χ3n) is 5.90. The van der Waals surface area contributed by atoms with Crippen molar-refractivity contribution < 1.29 is 8.42 Å². The minimum absolute atomic E-state index is 0.207. The van der Waals surface area contributed by atoms with Crippen LogP contribution in [-0.4, -0.2) is 63.2 Å². The van der Waals surface area contributed by atoms with Crippen LogP contribution in [0, 0.1) is 6.92 Å². The molecule has 2 saturated heterocycles. The highest BCUT2D eigenvalue weighted by Crippen LogP contribution is 2.34. The monoisotopic (exact) mass is 426 g/mol. The molecule has 156 valence electrons. The Morgan fingerprint density at radius 3 is 2.70 bits per heavy atom. The maximum Gasteiger partial charge on any atom is 0.241 e. The van der Waals surface area contributed by atoms with Gasteiger partial charge in [0.05, 0.1) is 16.8 Å². The molecule has 3 aromatic rings. The molecule has 0 unspecified atom stereocenters. The molecule has 11 heteroatoms. The molecule has 2 fully saturated rings. The first-order chi connectivity index (χ1) is 14.4. The van der Waals surface area contributed by atoms with Gasteiger partial charge in [-0.3, -0.25) is 0 Å². The van der Waals surface area contributed by atoms with Crippen LogP contribution < -0.4 is 10.5 Å². The zero-order valence-corrected chi connectivity index (χ0v) is 17.3. The largest absolute Gasteiger partial charge is 0.381 e. The zero-order chi connectivity index (χ0) is 20.9. The Hall–Kier alpha value is -2.89. The molecule has 0 amide bonds. The Balaban J connectivity index is 1.52. The Labute approximate surface area is 174 Å². The van der Waals surface area contributed by atoms with Crippen LogP contribution in [0.3, 0.4) is 0 Å². The number of nitrogens with zero attached hydrogens (tertiary/aromatic N) is 6. The van der Waals surface area contributed by atoms with E-state index in [0.29, 0.717) is 17.1 Å². The van der Waals surface area contributed by atoms with Crippen LogP contribution in [-0.2, 0) is 10.0 Å². The number of aryl methyl sites for hydroxylation is 1. The van der Waals surface area contributed by atoms with E-state index in [2.05, 4.69) is 29.7 Å². The highest BCUT2D eigenvalue weighted by atomic mass is 32.2. The minimum atomic E-state index is -3.67. The van der Waals surface area contributed by atoms with Gasteiger partial charge in [-0.05, 0) is 37.5 Å². The first-order valence-corrected chi connectivity index (χ1v) is 11.2. The molecule has 4 heterocycles. The van der Waals surface area contributed by atoms with Crippen molar-refractivity contribution in [3.05, 3.63) is 42.6 Å². The van der Waals surface area contributed by atoms with Crippen LogP contribution in [0.25, 0.3) is 17.1 Å². The van der Waals surface area contributed by atoms with Crippen molar-refractivity contribution in [2.75, 3.05) is 25.4 Å². The summed E-state index contributed by atoms with van der Waals surface area (Å²) in [4.78, 5) is 15.2. The van der Waals surface area contributed by atoms with E-state index in [0.717, 1.165) is 38.0 Å². The van der Waals surface area contributed by atoms with Gasteiger partial charge in [-0.25, -0.2) is 28.1 Å². The lowest BCUT2D eigenvalue weighted by molar-refractivity contribution is 0.359. The molecule has 5 rings (SSSR count). The van der Waals surface area contributed by atoms with Gasteiger partial charge in [0.25, 0.3) is 0 Å². The molecule has 0 saturated carbocycles. The second kappa shape index (κ2) is 6.83. The van der Waals surface area contributed by atoms with E-state index in [4.69, 9.17) is 5.73 Å². The van der Waals surface area contributed by atoms with E-state index in [9.17, 15) is 8.42 Å². The average Bonchev–Trinajstić information content (AvgIpc) is 3.46. The molecule has 2 aromatic heterocycles. The molecular weight excluding hydrogens is 404 g/mol. The number of rotatable bonds is 5. The van der Waals surface area contributed by atoms with Crippen LogP contribution in [0.1, 0.15) is 18.4 Å². The van der Waals surface area contributed by atoms with Gasteiger partial charge in [-0.15, -0.1) is 0 Å². The van der Waals surface area contributed by atoms with Gasteiger partial charge >= 0.3 is 0 Å². The molecule has 2 bridgehead atoms. The van der Waals surface area contributed by atoms with Crippen molar-refractivity contribution in [1.29, 1.82) is 0 Å². The number of hydrogen-bond acceptors (Lipinski definition) is 8. The van der Waals surface area contributed by atoms with Crippen molar-refractivity contribution in [3.63, 3.8) is 0 Å². The SMILES string of the molecule is Cc1ccc(S(=O)(=O)NC23CCN(CC2)C3)cc1-c1cnc(N)c(-n2cncn2)n1. The summed E-state index contributed by atoms with van der Waals surface area (Å²) in [5, 5.41) is 4.05. The first kappa shape index (κ1) is 19.1. The predicted molar refractivity (Wildman–Crippen MR) is 110 cm³/mol. The predicted octanol–water partition coefficient (Wildman–Crippen LogP) is 0.741. The van der Waals surface area contributed by atoms with Crippen molar-refractivity contribution >= 4 is 15.8 Å². The molecule has 0 spiro atoms. The second-order valence-corrected chi connectivity index (χ2v) is 9.63. The molecule has 2 aliphatic heterocycles. The van der Waals surface area contributed by atoms with Gasteiger partial charge in [0.1, 0.15) is 12.7 Å². The Bertz CT molecular complexity index is 1200. The highest BCUT2D eigenvalue weighted by Gasteiger charge is 2.46. The number of aromatic nitrogens is 5. The van der Waals surface area contributed by atoms with Crippen molar-refractivity contribution in [2.45, 2.75) is 30.2 Å². The van der Waals surface area contributed by atoms with Gasteiger partial charge in [0.15, 0.2) is 11.6 Å². The third-order valence-corrected chi connectivity index (χ3v) is 7.48. The number of anilines is 1. The lowest BCUT2D eigenvalue weighted by Gasteiger charge is -2.26. The topological polar surface area (TPSA) is 132 Å². The Morgan fingerprint density at radius 1 is 1.23 bits per heavy atom. The number of fused-ring (bicyclic) bond motifs is 2. The number of sulfonamides is 1. The quantitative estimate of drug-likeness (QED) is 0.611. The van der Waals surface area contributed by atoms with Crippen LogP contribution in [0.2, 0.25) is 0 Å². The van der Waals surface area contributed by atoms with Gasteiger partial charge in [-0.2, -0.15) is 9.78 Å². The van der Waals surface area contributed by atoms with E-state index in [-0.39, 0.29) is 16.3 Å². The summed E-state index contributed by atoms with van der Waals surface area (Å²) < 4.78 is 30.7. The number of nitrogen functional groups attached to an aromatic ring is 1. The zero-order valence-electron chi connectivity index (χ0n) is 16.5. The molecule has 2 aliphatic rings. The first-order valence-electron chi connectivity index (χ1n) is 9.70. The van der Waals surface area contributed by atoms with E-state index < -0.39 is 10.0 Å². The van der Waals surface area contributed by atoms with E-state index in [1.807, 2.05) is 6.92 Å². The molecule has 1 aromatic carbocycles. The smallest absolute Gasteiger partial charge is 0.241 e. The summed E-state index contributed by atoms with van der Waals surface area (Å²) in [6, 6.07) is 5.05. The van der Waals surface area contributed by atoms with Crippen LogP contribution in [0.15, 0.2) is 41.9 Å². The van der Waals surface area contributed by atoms with Gasteiger partial charge in [0, 0.05) is 30.7 Å².